The van der Waals surface area contributed by atoms with Crippen LogP contribution in [0.1, 0.15) is 7.19 Å². The first-order valence-corrected chi connectivity index (χ1v) is 2.06. The van der Waals surface area contributed by atoms with E-state index in [0.717, 1.165) is 0 Å². The zero-order valence-corrected chi connectivity index (χ0v) is 7.92. The van der Waals surface area contributed by atoms with E-state index in [0.29, 0.717) is 5.76 Å². The Bertz CT molecular complexity index is 130. The summed E-state index contributed by atoms with van der Waals surface area (Å²) in [5.74, 6) is 0.611. The van der Waals surface area contributed by atoms with Crippen molar-refractivity contribution in [3.8, 4) is 0 Å². The molecule has 1 aromatic rings. The summed E-state index contributed by atoms with van der Waals surface area (Å²) in [6.07, 6.45) is 1.53. The molecule has 0 aliphatic heterocycles. The third-order valence-corrected chi connectivity index (χ3v) is 0.736. The maximum Gasteiger partial charge on any atom is 1.00 e. The van der Waals surface area contributed by atoms with Crippen LogP contribution >= 0.6 is 0 Å². The number of rotatable bonds is 1. The van der Waals surface area contributed by atoms with Crippen molar-refractivity contribution in [1.82, 2.24) is 0 Å². The Morgan fingerprint density at radius 1 is 1.75 bits per heavy atom. The number of furan rings is 1. The fraction of sp³-hybridized carbons (Fsp3) is 0.200. The van der Waals surface area contributed by atoms with Crippen molar-refractivity contribution in [3.63, 3.8) is 0 Å². The molecular weight excluding hydrogens is 131 g/mol. The van der Waals surface area contributed by atoms with E-state index in [9.17, 15) is 0 Å². The molecule has 0 saturated heterocycles. The van der Waals surface area contributed by atoms with Gasteiger partial charge in [-0.25, -0.2) is 0 Å². The van der Waals surface area contributed by atoms with Crippen LogP contribution in [0.15, 0.2) is 22.8 Å². The summed E-state index contributed by atoms with van der Waals surface area (Å²) < 4.78 is 4.73. The van der Waals surface area contributed by atoms with Gasteiger partial charge in [-0.1, -0.05) is 0 Å². The Morgan fingerprint density at radius 2 is 2.50 bits per heavy atom. The zero-order chi connectivity index (χ0) is 5.11. The van der Waals surface area contributed by atoms with E-state index in [2.05, 4.69) is 0 Å². The van der Waals surface area contributed by atoms with E-state index in [1.54, 1.807) is 12.1 Å². The van der Waals surface area contributed by atoms with Gasteiger partial charge >= 0.3 is 51.4 Å². The van der Waals surface area contributed by atoms with Crippen LogP contribution in [-0.4, -0.2) is 5.11 Å². The smallest absolute Gasteiger partial charge is 1.00 e. The first-order chi connectivity index (χ1) is 3.43. The summed E-state index contributed by atoms with van der Waals surface area (Å²) in [6.45, 7) is -0.00694. The molecule has 1 aromatic heterocycles. The Hall–Kier alpha value is 0.876. The minimum Gasteiger partial charge on any atom is -1.00 e. The standard InChI is InChI=1S/C5H6O2.K.H/c6-4-5-2-1-3-7-5;;/h1-3,6H,4H2;;/q;+1;-1. The quantitative estimate of drug-likeness (QED) is 0.451. The minimum absolute atomic E-state index is 0. The molecule has 0 aliphatic carbocycles. The number of aliphatic hydroxyl groups is 1. The average Bonchev–Trinajstić information content (AvgIpc) is 2.14. The average molecular weight is 138 g/mol. The molecule has 1 rings (SSSR count). The largest absolute Gasteiger partial charge is 1.00 e. The Labute approximate surface area is 91.8 Å². The summed E-state index contributed by atoms with van der Waals surface area (Å²) >= 11 is 0. The van der Waals surface area contributed by atoms with Gasteiger partial charge in [-0.3, -0.25) is 0 Å². The monoisotopic (exact) mass is 138 g/mol. The van der Waals surface area contributed by atoms with Gasteiger partial charge in [0.1, 0.15) is 12.4 Å². The Morgan fingerprint density at radius 3 is 2.75 bits per heavy atom. The maximum absolute atomic E-state index is 8.33. The molecule has 40 valence electrons. The fourth-order valence-corrected chi connectivity index (χ4v) is 0.403. The van der Waals surface area contributed by atoms with Crippen LogP contribution in [0.3, 0.4) is 0 Å². The van der Waals surface area contributed by atoms with Crippen LogP contribution in [0.4, 0.5) is 0 Å². The van der Waals surface area contributed by atoms with Gasteiger partial charge in [0.25, 0.3) is 0 Å². The first-order valence-electron chi connectivity index (χ1n) is 2.06. The first kappa shape index (κ1) is 8.88. The van der Waals surface area contributed by atoms with Crippen molar-refractivity contribution < 1.29 is 62.3 Å². The molecule has 3 heteroatoms. The second-order valence-electron chi connectivity index (χ2n) is 1.24. The third-order valence-electron chi connectivity index (χ3n) is 0.736. The van der Waals surface area contributed by atoms with Crippen molar-refractivity contribution >= 4 is 0 Å². The van der Waals surface area contributed by atoms with Crippen LogP contribution in [0.25, 0.3) is 0 Å². The number of hydrogen-bond acceptors (Lipinski definition) is 2. The summed E-state index contributed by atoms with van der Waals surface area (Å²) in [5, 5.41) is 8.33. The van der Waals surface area contributed by atoms with Crippen LogP contribution in [0.2, 0.25) is 0 Å². The second-order valence-corrected chi connectivity index (χ2v) is 1.24. The predicted molar refractivity (Wildman–Crippen MR) is 25.7 cm³/mol. The fourth-order valence-electron chi connectivity index (χ4n) is 0.403. The van der Waals surface area contributed by atoms with Crippen LogP contribution in [0.5, 0.6) is 0 Å². The topological polar surface area (TPSA) is 33.4 Å². The van der Waals surface area contributed by atoms with Crippen molar-refractivity contribution in [2.75, 3.05) is 0 Å². The van der Waals surface area contributed by atoms with E-state index in [-0.39, 0.29) is 59.4 Å². The molecule has 0 atom stereocenters. The van der Waals surface area contributed by atoms with Gasteiger partial charge < -0.3 is 11.0 Å². The SMILES string of the molecule is OCc1ccco1.[H-].[K+]. The van der Waals surface area contributed by atoms with Gasteiger partial charge in [-0.05, 0) is 12.1 Å². The second kappa shape index (κ2) is 4.73. The van der Waals surface area contributed by atoms with Crippen molar-refractivity contribution in [1.29, 1.82) is 0 Å². The van der Waals surface area contributed by atoms with Crippen LogP contribution < -0.4 is 51.4 Å². The molecule has 1 N–H and O–H groups in total. The molecule has 2 nitrogen and oxygen atoms in total. The van der Waals surface area contributed by atoms with Crippen LogP contribution in [-0.2, 0) is 6.61 Å². The van der Waals surface area contributed by atoms with Gasteiger partial charge in [0, 0.05) is 0 Å². The molecule has 8 heavy (non-hydrogen) atoms. The van der Waals surface area contributed by atoms with E-state index < -0.39 is 0 Å². The summed E-state index contributed by atoms with van der Waals surface area (Å²) in [4.78, 5) is 0. The van der Waals surface area contributed by atoms with E-state index >= 15 is 0 Å². The summed E-state index contributed by atoms with van der Waals surface area (Å²) in [5.41, 5.74) is 0. The molecule has 0 radical (unpaired) electrons. The molecule has 1 heterocycles. The molecule has 0 amide bonds. The molecular formula is C5H7KO2. The number of hydrogen-bond donors (Lipinski definition) is 1. The maximum atomic E-state index is 8.33. The van der Waals surface area contributed by atoms with Gasteiger partial charge in [0.15, 0.2) is 0 Å². The molecule has 0 fully saturated rings. The van der Waals surface area contributed by atoms with Gasteiger partial charge in [0.2, 0.25) is 0 Å². The summed E-state index contributed by atoms with van der Waals surface area (Å²) in [6, 6.07) is 3.46. The molecule has 0 aliphatic rings. The van der Waals surface area contributed by atoms with E-state index in [4.69, 9.17) is 9.52 Å². The van der Waals surface area contributed by atoms with Crippen molar-refractivity contribution in [2.45, 2.75) is 6.61 Å². The third kappa shape index (κ3) is 2.43. The predicted octanol–water partition coefficient (Wildman–Crippen LogP) is -2.11. The molecule has 0 bridgehead atoms. The van der Waals surface area contributed by atoms with Gasteiger partial charge in [0.05, 0.1) is 6.26 Å². The molecule has 0 unspecified atom stereocenters. The Balaban J connectivity index is 0. The molecule has 0 saturated carbocycles. The van der Waals surface area contributed by atoms with Gasteiger partial charge in [-0.2, -0.15) is 0 Å². The van der Waals surface area contributed by atoms with Crippen molar-refractivity contribution in [3.05, 3.63) is 24.2 Å². The van der Waals surface area contributed by atoms with E-state index in [1.165, 1.54) is 6.26 Å². The number of aliphatic hydroxyl groups excluding tert-OH is 1. The van der Waals surface area contributed by atoms with Crippen molar-refractivity contribution in [2.24, 2.45) is 0 Å². The van der Waals surface area contributed by atoms with Crippen LogP contribution in [0, 0.1) is 0 Å². The Kier molecular flexibility index (Phi) is 5.24. The normalized spacial score (nSPS) is 8.12. The minimum atomic E-state index is -0.00694. The zero-order valence-electron chi connectivity index (χ0n) is 5.79. The molecule has 0 aromatic carbocycles. The van der Waals surface area contributed by atoms with Gasteiger partial charge in [-0.15, -0.1) is 0 Å². The van der Waals surface area contributed by atoms with E-state index in [1.807, 2.05) is 0 Å². The molecule has 0 spiro atoms. The summed E-state index contributed by atoms with van der Waals surface area (Å²) in [7, 11) is 0.